The van der Waals surface area contributed by atoms with Crippen molar-refractivity contribution in [2.75, 3.05) is 0 Å². The normalized spacial score (nSPS) is 24.4. The Kier molecular flexibility index (Phi) is 4.95. The van der Waals surface area contributed by atoms with Crippen molar-refractivity contribution in [2.24, 2.45) is 0 Å². The zero-order valence-electron chi connectivity index (χ0n) is 10.9. The van der Waals surface area contributed by atoms with Gasteiger partial charge < -0.3 is 20.8 Å². The molecule has 104 valence electrons. The molecule has 0 heterocycles. The minimum atomic E-state index is -0.960. The quantitative estimate of drug-likeness (QED) is 0.600. The molecule has 4 N–H and O–H groups in total. The van der Waals surface area contributed by atoms with Crippen molar-refractivity contribution in [3.63, 3.8) is 0 Å². The van der Waals surface area contributed by atoms with Crippen LogP contribution in [0.1, 0.15) is 46.0 Å². The van der Waals surface area contributed by atoms with Crippen LogP contribution < -0.4 is 10.6 Å². The van der Waals surface area contributed by atoms with Crippen LogP contribution in [0, 0.1) is 0 Å². The van der Waals surface area contributed by atoms with Crippen LogP contribution in [0.15, 0.2) is 0 Å². The smallest absolute Gasteiger partial charge is 0.315 e. The number of rotatable bonds is 4. The lowest BCUT2D eigenvalue weighted by molar-refractivity contribution is -0.138. The molecule has 0 aromatic heterocycles. The average molecular weight is 258 g/mol. The molecule has 0 aliphatic heterocycles. The third kappa shape index (κ3) is 4.91. The molecule has 0 aromatic carbocycles. The van der Waals surface area contributed by atoms with Crippen LogP contribution >= 0.6 is 0 Å². The van der Waals surface area contributed by atoms with Crippen LogP contribution in [0.25, 0.3) is 0 Å². The van der Waals surface area contributed by atoms with E-state index in [4.69, 9.17) is 5.11 Å². The molecule has 2 atom stereocenters. The predicted molar refractivity (Wildman–Crippen MR) is 66.3 cm³/mol. The standard InChI is InChI=1S/C12H22N2O4/c1-12(2,7-10(16)17)14-11(18)13-8-5-3-4-6-9(8)15/h8-9,15H,3-7H2,1-2H3,(H,16,17)(H2,13,14,18). The summed E-state index contributed by atoms with van der Waals surface area (Å²) in [6.45, 7) is 3.30. The molecule has 1 rings (SSSR count). The zero-order chi connectivity index (χ0) is 13.8. The SMILES string of the molecule is CC(C)(CC(=O)O)NC(=O)NC1CCCCC1O. The fourth-order valence-corrected chi connectivity index (χ4v) is 2.21. The highest BCUT2D eigenvalue weighted by atomic mass is 16.4. The molecule has 2 amide bonds. The first-order valence-corrected chi connectivity index (χ1v) is 6.29. The summed E-state index contributed by atoms with van der Waals surface area (Å²) in [4.78, 5) is 22.4. The van der Waals surface area contributed by atoms with E-state index >= 15 is 0 Å². The van der Waals surface area contributed by atoms with Gasteiger partial charge in [-0.3, -0.25) is 4.79 Å². The van der Waals surface area contributed by atoms with E-state index in [9.17, 15) is 14.7 Å². The van der Waals surface area contributed by atoms with Gasteiger partial charge in [0, 0.05) is 5.54 Å². The molecule has 0 radical (unpaired) electrons. The number of urea groups is 1. The molecule has 6 nitrogen and oxygen atoms in total. The number of hydrogen-bond donors (Lipinski definition) is 4. The first-order valence-electron chi connectivity index (χ1n) is 6.29. The van der Waals surface area contributed by atoms with Gasteiger partial charge in [-0.25, -0.2) is 4.79 Å². The van der Waals surface area contributed by atoms with Crippen molar-refractivity contribution in [3.05, 3.63) is 0 Å². The highest BCUT2D eigenvalue weighted by molar-refractivity contribution is 5.76. The lowest BCUT2D eigenvalue weighted by atomic mass is 9.93. The van der Waals surface area contributed by atoms with E-state index in [-0.39, 0.29) is 12.5 Å². The van der Waals surface area contributed by atoms with E-state index in [0.29, 0.717) is 6.42 Å². The highest BCUT2D eigenvalue weighted by Crippen LogP contribution is 2.18. The van der Waals surface area contributed by atoms with Gasteiger partial charge in [0.15, 0.2) is 0 Å². The maximum absolute atomic E-state index is 11.7. The van der Waals surface area contributed by atoms with Crippen molar-refractivity contribution in [1.29, 1.82) is 0 Å². The first-order chi connectivity index (χ1) is 8.30. The van der Waals surface area contributed by atoms with Crippen LogP contribution in [0.5, 0.6) is 0 Å². The van der Waals surface area contributed by atoms with Crippen LogP contribution in [-0.2, 0) is 4.79 Å². The summed E-state index contributed by atoms with van der Waals surface area (Å²) < 4.78 is 0. The minimum absolute atomic E-state index is 0.145. The average Bonchev–Trinajstić information content (AvgIpc) is 2.18. The molecule has 6 heteroatoms. The van der Waals surface area contributed by atoms with Gasteiger partial charge in [0.25, 0.3) is 0 Å². The Morgan fingerprint density at radius 2 is 1.89 bits per heavy atom. The maximum atomic E-state index is 11.7. The number of aliphatic hydroxyl groups is 1. The molecule has 0 saturated heterocycles. The number of carbonyl (C=O) groups excluding carboxylic acids is 1. The molecule has 0 spiro atoms. The fraction of sp³-hybridized carbons (Fsp3) is 0.833. The summed E-state index contributed by atoms with van der Waals surface area (Å²) in [6.07, 6.45) is 2.77. The summed E-state index contributed by atoms with van der Waals surface area (Å²) >= 11 is 0. The Labute approximate surface area is 107 Å². The fourth-order valence-electron chi connectivity index (χ4n) is 2.21. The van der Waals surface area contributed by atoms with Gasteiger partial charge in [-0.15, -0.1) is 0 Å². The lowest BCUT2D eigenvalue weighted by Crippen LogP contribution is -2.54. The van der Waals surface area contributed by atoms with Crippen molar-refractivity contribution >= 4 is 12.0 Å². The van der Waals surface area contributed by atoms with Gasteiger partial charge in [-0.2, -0.15) is 0 Å². The Balaban J connectivity index is 2.43. The number of nitrogens with one attached hydrogen (secondary N) is 2. The van der Waals surface area contributed by atoms with Gasteiger partial charge >= 0.3 is 12.0 Å². The predicted octanol–water partition coefficient (Wildman–Crippen LogP) is 0.842. The molecule has 0 aromatic rings. The van der Waals surface area contributed by atoms with E-state index in [1.54, 1.807) is 13.8 Å². The number of hydrogen-bond acceptors (Lipinski definition) is 3. The largest absolute Gasteiger partial charge is 0.481 e. The summed E-state index contributed by atoms with van der Waals surface area (Å²) in [5.41, 5.74) is -0.810. The number of amides is 2. The topological polar surface area (TPSA) is 98.7 Å². The number of carbonyl (C=O) groups is 2. The van der Waals surface area contributed by atoms with Crippen LogP contribution in [0.4, 0.5) is 4.79 Å². The maximum Gasteiger partial charge on any atom is 0.315 e. The third-order valence-corrected chi connectivity index (χ3v) is 3.09. The van der Waals surface area contributed by atoms with Crippen LogP contribution in [0.3, 0.4) is 0 Å². The van der Waals surface area contributed by atoms with E-state index in [2.05, 4.69) is 10.6 Å². The molecule has 1 aliphatic carbocycles. The number of carboxylic acid groups (broad SMARTS) is 1. The zero-order valence-corrected chi connectivity index (χ0v) is 10.9. The Morgan fingerprint density at radius 3 is 2.44 bits per heavy atom. The number of aliphatic carboxylic acids is 1. The summed E-state index contributed by atoms with van der Waals surface area (Å²) in [5, 5.41) is 23.8. The molecule has 2 unspecified atom stereocenters. The van der Waals surface area contributed by atoms with E-state index < -0.39 is 23.6 Å². The van der Waals surface area contributed by atoms with Gasteiger partial charge in [-0.05, 0) is 26.7 Å². The number of carboxylic acids is 1. The second kappa shape index (κ2) is 6.04. The minimum Gasteiger partial charge on any atom is -0.481 e. The molecular weight excluding hydrogens is 236 g/mol. The monoisotopic (exact) mass is 258 g/mol. The molecule has 1 aliphatic rings. The van der Waals surface area contributed by atoms with Crippen molar-refractivity contribution in [3.8, 4) is 0 Å². The highest BCUT2D eigenvalue weighted by Gasteiger charge is 2.28. The molecule has 1 saturated carbocycles. The van der Waals surface area contributed by atoms with E-state index in [1.165, 1.54) is 0 Å². The van der Waals surface area contributed by atoms with Crippen LogP contribution in [0.2, 0.25) is 0 Å². The Hall–Kier alpha value is -1.30. The van der Waals surface area contributed by atoms with Crippen molar-refractivity contribution < 1.29 is 19.8 Å². The Morgan fingerprint density at radius 1 is 1.28 bits per heavy atom. The van der Waals surface area contributed by atoms with Gasteiger partial charge in [0.1, 0.15) is 0 Å². The second-order valence-corrected chi connectivity index (χ2v) is 5.51. The van der Waals surface area contributed by atoms with Gasteiger partial charge in [-0.1, -0.05) is 12.8 Å². The van der Waals surface area contributed by atoms with E-state index in [0.717, 1.165) is 19.3 Å². The van der Waals surface area contributed by atoms with Crippen molar-refractivity contribution in [2.45, 2.75) is 63.6 Å². The molecule has 18 heavy (non-hydrogen) atoms. The lowest BCUT2D eigenvalue weighted by Gasteiger charge is -2.31. The summed E-state index contributed by atoms with van der Waals surface area (Å²) in [6, 6.07) is -0.661. The summed E-state index contributed by atoms with van der Waals surface area (Å²) in [7, 11) is 0. The molecule has 0 bridgehead atoms. The van der Waals surface area contributed by atoms with Gasteiger partial charge in [0.2, 0.25) is 0 Å². The van der Waals surface area contributed by atoms with Gasteiger partial charge in [0.05, 0.1) is 18.6 Å². The Bertz CT molecular complexity index is 317. The molecular formula is C12H22N2O4. The first kappa shape index (κ1) is 14.8. The summed E-state index contributed by atoms with van der Waals surface area (Å²) in [5.74, 6) is -0.960. The van der Waals surface area contributed by atoms with Crippen LogP contribution in [-0.4, -0.2) is 39.9 Å². The molecule has 1 fully saturated rings. The third-order valence-electron chi connectivity index (χ3n) is 3.09. The van der Waals surface area contributed by atoms with Crippen molar-refractivity contribution in [1.82, 2.24) is 10.6 Å². The number of aliphatic hydroxyl groups excluding tert-OH is 1. The van der Waals surface area contributed by atoms with E-state index in [1.807, 2.05) is 0 Å². The second-order valence-electron chi connectivity index (χ2n) is 5.51.